The molecule has 0 spiro atoms. The van der Waals surface area contributed by atoms with Crippen LogP contribution in [0.1, 0.15) is 248 Å². The van der Waals surface area contributed by atoms with Crippen molar-refractivity contribution in [2.45, 2.75) is 243 Å². The van der Waals surface area contributed by atoms with Crippen molar-refractivity contribution in [3.63, 3.8) is 0 Å². The number of benzene rings is 11. The van der Waals surface area contributed by atoms with Gasteiger partial charge in [-0.15, -0.1) is 0 Å². The van der Waals surface area contributed by atoms with E-state index in [1.54, 1.807) is 6.92 Å². The maximum Gasteiger partial charge on any atom is 0.136 e. The van der Waals surface area contributed by atoms with E-state index in [4.69, 9.17) is 18.7 Å². The molecular formula is C103H118O3. The topological polar surface area (TPSA) is 39.4 Å². The highest BCUT2D eigenvalue weighted by molar-refractivity contribution is 6.18. The zero-order valence-electron chi connectivity index (χ0n) is 73.0. The van der Waals surface area contributed by atoms with E-state index in [9.17, 15) is 0 Å². The van der Waals surface area contributed by atoms with Crippen molar-refractivity contribution in [1.29, 1.82) is 0 Å². The van der Waals surface area contributed by atoms with Gasteiger partial charge in [0.2, 0.25) is 0 Å². The molecular weight excluding hydrogens is 1290 g/mol. The smallest absolute Gasteiger partial charge is 0.136 e. The standard InChI is InChI=1S/C37H42O.C36H40O.C30H36O/c1-23-14-16-24(17-15-23)29-18-19-31-33(34(29)37(8,9)10)32-28(12-11-13-30(32)38-31)25-20-26(35(2,3)4)22-27(21-25)36(5,6)7;1-34(2,3)25-20-24(21-26(22-25)35(4,5)6)27-16-13-17-29-31(27)32-30(37-29)19-18-28(33(32)36(7,8)9)23-14-11-10-12-15-23;1-28(2,3)20-16-19(17-21(18-20)29(4,5)6)22-12-10-14-24-26(22)27-23(30(7,8)9)13-11-15-25(27)31-24/h11-22H,1-10H3;10-22H,1-9H3;10-18H,1-9H3/i14D,15D,16D,17D;;. The van der Waals surface area contributed by atoms with Gasteiger partial charge in [-0.05, 0) is 198 Å². The van der Waals surface area contributed by atoms with Crippen LogP contribution in [0, 0.1) is 6.92 Å². The summed E-state index contributed by atoms with van der Waals surface area (Å²) in [5, 5.41) is 6.89. The number of hydrogen-bond acceptors (Lipinski definition) is 3. The third-order valence-electron chi connectivity index (χ3n) is 21.2. The van der Waals surface area contributed by atoms with Crippen LogP contribution < -0.4 is 0 Å². The van der Waals surface area contributed by atoms with Gasteiger partial charge in [0.1, 0.15) is 33.5 Å². The molecule has 3 heteroatoms. The van der Waals surface area contributed by atoms with Gasteiger partial charge in [0.05, 0.1) is 5.48 Å². The lowest BCUT2D eigenvalue weighted by molar-refractivity contribution is 0.568. The van der Waals surface area contributed by atoms with E-state index < -0.39 is 5.41 Å². The van der Waals surface area contributed by atoms with E-state index >= 15 is 0 Å². The van der Waals surface area contributed by atoms with Crippen LogP contribution in [-0.2, 0) is 48.7 Å². The summed E-state index contributed by atoms with van der Waals surface area (Å²) in [6, 6.07) is 65.8. The van der Waals surface area contributed by atoms with E-state index in [1.807, 2.05) is 24.3 Å². The highest BCUT2D eigenvalue weighted by atomic mass is 16.3. The summed E-state index contributed by atoms with van der Waals surface area (Å²) >= 11 is 0. The van der Waals surface area contributed by atoms with Crippen molar-refractivity contribution < 1.29 is 18.7 Å². The Bertz CT molecular complexity index is 5750. The fourth-order valence-electron chi connectivity index (χ4n) is 15.1. The molecule has 0 unspecified atom stereocenters. The first-order chi connectivity index (χ1) is 50.8. The predicted molar refractivity (Wildman–Crippen MR) is 461 cm³/mol. The van der Waals surface area contributed by atoms with E-state index in [1.165, 1.54) is 99.4 Å². The van der Waals surface area contributed by atoms with Crippen LogP contribution in [0.4, 0.5) is 0 Å². The quantitative estimate of drug-likeness (QED) is 0.172. The lowest BCUT2D eigenvalue weighted by atomic mass is 9.77. The molecule has 14 rings (SSSR count). The van der Waals surface area contributed by atoms with Crippen LogP contribution in [0.5, 0.6) is 0 Å². The number of rotatable bonds is 5. The lowest BCUT2D eigenvalue weighted by Crippen LogP contribution is -2.16. The minimum absolute atomic E-state index is 0.00241. The average molecular weight is 1410 g/mol. The third kappa shape index (κ3) is 15.4. The second-order valence-electron chi connectivity index (χ2n) is 39.3. The van der Waals surface area contributed by atoms with Crippen molar-refractivity contribution in [1.82, 2.24) is 0 Å². The highest BCUT2D eigenvalue weighted by Gasteiger charge is 2.32. The Balaban J connectivity index is 0.000000155. The zero-order chi connectivity index (χ0) is 80.6. The van der Waals surface area contributed by atoms with E-state index in [2.05, 4.69) is 345 Å². The van der Waals surface area contributed by atoms with Gasteiger partial charge >= 0.3 is 0 Å². The maximum absolute atomic E-state index is 8.87. The summed E-state index contributed by atoms with van der Waals surface area (Å²) in [4.78, 5) is 0. The molecule has 0 fully saturated rings. The number of hydrogen-bond donors (Lipinski definition) is 0. The third-order valence-corrected chi connectivity index (χ3v) is 21.2. The zero-order valence-corrected chi connectivity index (χ0v) is 69.0. The molecule has 0 saturated heterocycles. The first kappa shape index (κ1) is 71.1. The average Bonchev–Trinajstić information content (AvgIpc) is 1.52. The molecule has 0 aliphatic rings. The van der Waals surface area contributed by atoms with Crippen molar-refractivity contribution in [3.05, 3.63) is 262 Å². The molecule has 11 aromatic carbocycles. The summed E-state index contributed by atoms with van der Waals surface area (Å²) in [7, 11) is 0. The van der Waals surface area contributed by atoms with Crippen LogP contribution in [0.15, 0.2) is 219 Å². The minimum atomic E-state index is -0.392. The molecule has 106 heavy (non-hydrogen) atoms. The molecule has 0 aliphatic heterocycles. The number of fused-ring (bicyclic) bond motifs is 9. The lowest BCUT2D eigenvalue weighted by Gasteiger charge is -2.27. The first-order valence-electron chi connectivity index (χ1n) is 40.4. The van der Waals surface area contributed by atoms with Crippen LogP contribution in [0.2, 0.25) is 0 Å². The Kier molecular flexibility index (Phi) is 18.3. The minimum Gasteiger partial charge on any atom is -0.456 e. The van der Waals surface area contributed by atoms with Crippen LogP contribution >= 0.6 is 0 Å². The summed E-state index contributed by atoms with van der Waals surface area (Å²) < 4.78 is 54.2. The Labute approximate surface area is 640 Å². The van der Waals surface area contributed by atoms with E-state index in [0.717, 1.165) is 61.0 Å². The molecule has 0 bridgehead atoms. The molecule has 0 radical (unpaired) electrons. The van der Waals surface area contributed by atoms with Gasteiger partial charge in [0, 0.05) is 32.3 Å². The molecule has 3 heterocycles. The van der Waals surface area contributed by atoms with Crippen molar-refractivity contribution in [3.8, 4) is 55.6 Å². The van der Waals surface area contributed by atoms with Crippen LogP contribution in [-0.4, -0.2) is 0 Å². The fraction of sp³-hybridized carbons (Fsp3) is 0.359. The normalized spacial score (nSPS) is 13.6. The Hall–Kier alpha value is -9.18. The fourth-order valence-corrected chi connectivity index (χ4v) is 15.1. The molecule has 3 nitrogen and oxygen atoms in total. The maximum atomic E-state index is 8.87. The van der Waals surface area contributed by atoms with Gasteiger partial charge in [0.25, 0.3) is 0 Å². The van der Waals surface area contributed by atoms with Crippen molar-refractivity contribution >= 4 is 65.8 Å². The van der Waals surface area contributed by atoms with Gasteiger partial charge < -0.3 is 13.3 Å². The summed E-state index contributed by atoms with van der Waals surface area (Å²) in [5.74, 6) is 0. The van der Waals surface area contributed by atoms with Crippen LogP contribution in [0.25, 0.3) is 121 Å². The molecule has 0 aliphatic carbocycles. The predicted octanol–water partition coefficient (Wildman–Crippen LogP) is 31.1. The van der Waals surface area contributed by atoms with Gasteiger partial charge in [-0.3, -0.25) is 0 Å². The molecule has 0 amide bonds. The van der Waals surface area contributed by atoms with Crippen molar-refractivity contribution in [2.24, 2.45) is 0 Å². The highest BCUT2D eigenvalue weighted by Crippen LogP contribution is 2.50. The SMILES string of the molecule is CC(C)(C)c1cc(-c2cccc3oc4ccc(-c5ccccc5)c(C(C)(C)C)c4c23)cc(C(C)(C)C)c1.CC(C)(C)c1cc(-c2cccc3oc4cccc(C(C)(C)C)c4c23)cc(C(C)(C)C)c1.[2H]c1c([2H])c(-c2ccc3oc4cccc(-c5cc(C(C)(C)C)cc(C(C)(C)C)c5)c4c3c2C(C)(C)C)c([2H])c([2H])c1C. The van der Waals surface area contributed by atoms with E-state index in [-0.39, 0.29) is 67.5 Å². The van der Waals surface area contributed by atoms with Crippen LogP contribution in [0.3, 0.4) is 0 Å². The molecule has 548 valence electrons. The summed E-state index contributed by atoms with van der Waals surface area (Å²) in [5.41, 5.74) is 27.9. The second kappa shape index (κ2) is 27.2. The molecule has 14 aromatic rings. The van der Waals surface area contributed by atoms with Gasteiger partial charge in [-0.1, -0.05) is 362 Å². The largest absolute Gasteiger partial charge is 0.456 e. The molecule has 0 saturated carbocycles. The molecule has 3 aromatic heterocycles. The number of furan rings is 3. The summed E-state index contributed by atoms with van der Waals surface area (Å²) in [6.07, 6.45) is 0. The molecule has 0 N–H and O–H groups in total. The Morgan fingerprint density at radius 3 is 0.802 bits per heavy atom. The Morgan fingerprint density at radius 2 is 0.500 bits per heavy atom. The van der Waals surface area contributed by atoms with Crippen molar-refractivity contribution in [2.75, 3.05) is 0 Å². The monoisotopic (exact) mass is 1410 g/mol. The molecule has 0 atom stereocenters. The first-order valence-corrected chi connectivity index (χ1v) is 38.4. The van der Waals surface area contributed by atoms with E-state index in [0.29, 0.717) is 16.7 Å². The second-order valence-corrected chi connectivity index (χ2v) is 39.3. The Morgan fingerprint density at radius 1 is 0.217 bits per heavy atom. The summed E-state index contributed by atoms with van der Waals surface area (Å²) in [6.45, 7) is 62.9. The van der Waals surface area contributed by atoms with Gasteiger partial charge in [0.15, 0.2) is 0 Å². The van der Waals surface area contributed by atoms with Gasteiger partial charge in [-0.2, -0.15) is 0 Å². The van der Waals surface area contributed by atoms with Gasteiger partial charge in [-0.25, -0.2) is 0 Å².